The van der Waals surface area contributed by atoms with Crippen molar-refractivity contribution in [1.29, 1.82) is 0 Å². The van der Waals surface area contributed by atoms with Crippen molar-refractivity contribution in [2.75, 3.05) is 0 Å². The zero-order chi connectivity index (χ0) is 7.72. The third-order valence-corrected chi connectivity index (χ3v) is 1.23. The predicted molar refractivity (Wildman–Crippen MR) is 33.2 cm³/mol. The van der Waals surface area contributed by atoms with Crippen molar-refractivity contribution in [3.8, 4) is 0 Å². The first-order valence-electron chi connectivity index (χ1n) is 2.81. The van der Waals surface area contributed by atoms with Crippen LogP contribution in [0.25, 0.3) is 0 Å². The molecule has 3 nitrogen and oxygen atoms in total. The van der Waals surface area contributed by atoms with Crippen molar-refractivity contribution in [1.82, 2.24) is 9.78 Å². The van der Waals surface area contributed by atoms with Crippen LogP contribution < -0.4 is 0 Å². The van der Waals surface area contributed by atoms with Gasteiger partial charge in [-0.3, -0.25) is 9.48 Å². The lowest BCUT2D eigenvalue weighted by molar-refractivity contribution is 0.100. The lowest BCUT2D eigenvalue weighted by Gasteiger charge is -1.93. The Hall–Kier alpha value is -1.19. The number of halogens is 1. The molecule has 0 unspecified atom stereocenters. The SMILES string of the molecule is CC(=O)c1c(F)cnn1C. The summed E-state index contributed by atoms with van der Waals surface area (Å²) in [5, 5.41) is 3.56. The molecule has 0 atom stereocenters. The molecule has 10 heavy (non-hydrogen) atoms. The Bertz CT molecular complexity index is 247. The molecular formula is C6H7FN2O. The highest BCUT2D eigenvalue weighted by molar-refractivity contribution is 5.92. The third kappa shape index (κ3) is 0.920. The second-order valence-electron chi connectivity index (χ2n) is 2.02. The average Bonchev–Trinajstić information content (AvgIpc) is 2.11. The number of aryl methyl sites for hydroxylation is 1. The molecule has 54 valence electrons. The minimum absolute atomic E-state index is 0.0278. The van der Waals surface area contributed by atoms with Crippen molar-refractivity contribution >= 4 is 5.78 Å². The number of nitrogens with zero attached hydrogens (tertiary/aromatic N) is 2. The van der Waals surface area contributed by atoms with Crippen LogP contribution in [0.3, 0.4) is 0 Å². The molecule has 0 aliphatic rings. The quantitative estimate of drug-likeness (QED) is 0.542. The van der Waals surface area contributed by atoms with Gasteiger partial charge in [0.05, 0.1) is 6.20 Å². The van der Waals surface area contributed by atoms with E-state index in [-0.39, 0.29) is 11.5 Å². The Morgan fingerprint density at radius 2 is 2.40 bits per heavy atom. The molecule has 0 spiro atoms. The van der Waals surface area contributed by atoms with Crippen molar-refractivity contribution < 1.29 is 9.18 Å². The van der Waals surface area contributed by atoms with Gasteiger partial charge in [-0.2, -0.15) is 5.10 Å². The van der Waals surface area contributed by atoms with Crippen molar-refractivity contribution in [3.05, 3.63) is 17.7 Å². The van der Waals surface area contributed by atoms with Crippen LogP contribution in [0.4, 0.5) is 4.39 Å². The number of rotatable bonds is 1. The smallest absolute Gasteiger partial charge is 0.180 e. The van der Waals surface area contributed by atoms with Crippen LogP contribution in [0.5, 0.6) is 0 Å². The van der Waals surface area contributed by atoms with E-state index in [9.17, 15) is 9.18 Å². The zero-order valence-electron chi connectivity index (χ0n) is 5.76. The molecule has 0 bridgehead atoms. The molecule has 0 aromatic carbocycles. The highest BCUT2D eigenvalue weighted by Gasteiger charge is 2.11. The van der Waals surface area contributed by atoms with Gasteiger partial charge in [-0.15, -0.1) is 0 Å². The van der Waals surface area contributed by atoms with Crippen LogP contribution in [0.2, 0.25) is 0 Å². The molecule has 1 rings (SSSR count). The van der Waals surface area contributed by atoms with E-state index in [4.69, 9.17) is 0 Å². The standard InChI is InChI=1S/C6H7FN2O/c1-4(10)6-5(7)3-8-9(6)2/h3H,1-2H3. The molecule has 0 saturated carbocycles. The lowest BCUT2D eigenvalue weighted by atomic mass is 10.3. The maximum Gasteiger partial charge on any atom is 0.180 e. The van der Waals surface area contributed by atoms with E-state index in [0.717, 1.165) is 6.20 Å². The van der Waals surface area contributed by atoms with Crippen molar-refractivity contribution in [2.24, 2.45) is 7.05 Å². The van der Waals surface area contributed by atoms with Crippen molar-refractivity contribution in [3.63, 3.8) is 0 Å². The Labute approximate surface area is 57.5 Å². The first kappa shape index (κ1) is 6.92. The summed E-state index contributed by atoms with van der Waals surface area (Å²) in [5.41, 5.74) is 0.0278. The number of aromatic nitrogens is 2. The molecule has 1 heterocycles. The lowest BCUT2D eigenvalue weighted by Crippen LogP contribution is -2.04. The second-order valence-corrected chi connectivity index (χ2v) is 2.02. The summed E-state index contributed by atoms with van der Waals surface area (Å²) in [6.45, 7) is 1.31. The number of ketones is 1. The van der Waals surface area contributed by atoms with Gasteiger partial charge in [-0.1, -0.05) is 0 Å². The molecule has 4 heteroatoms. The van der Waals surface area contributed by atoms with Crippen LogP contribution in [-0.4, -0.2) is 15.6 Å². The highest BCUT2D eigenvalue weighted by Crippen LogP contribution is 2.04. The number of carbonyl (C=O) groups is 1. The van der Waals surface area contributed by atoms with Gasteiger partial charge in [-0.05, 0) is 0 Å². The van der Waals surface area contributed by atoms with Crippen molar-refractivity contribution in [2.45, 2.75) is 6.92 Å². The molecule has 0 aliphatic heterocycles. The summed E-state index contributed by atoms with van der Waals surface area (Å²) in [6, 6.07) is 0. The fourth-order valence-electron chi connectivity index (χ4n) is 0.807. The predicted octanol–water partition coefficient (Wildman–Crippen LogP) is 0.762. The van der Waals surface area contributed by atoms with Gasteiger partial charge in [0, 0.05) is 14.0 Å². The molecule has 0 amide bonds. The Morgan fingerprint density at radius 1 is 1.80 bits per heavy atom. The minimum Gasteiger partial charge on any atom is -0.293 e. The van der Waals surface area contributed by atoms with E-state index < -0.39 is 5.82 Å². The summed E-state index contributed by atoms with van der Waals surface area (Å²) in [6.07, 6.45) is 1.02. The molecule has 1 aromatic heterocycles. The molecule has 0 saturated heterocycles. The summed E-state index contributed by atoms with van der Waals surface area (Å²) >= 11 is 0. The van der Waals surface area contributed by atoms with Gasteiger partial charge in [0.25, 0.3) is 0 Å². The molecule has 0 aliphatic carbocycles. The van der Waals surface area contributed by atoms with Gasteiger partial charge < -0.3 is 0 Å². The number of Topliss-reactive ketones (excluding diaryl/α,β-unsaturated/α-hetero) is 1. The van der Waals surface area contributed by atoms with Crippen LogP contribution in [0.15, 0.2) is 6.20 Å². The van der Waals surface area contributed by atoms with Gasteiger partial charge in [0.2, 0.25) is 0 Å². The number of carbonyl (C=O) groups excluding carboxylic acids is 1. The van der Waals surface area contributed by atoms with Gasteiger partial charge in [-0.25, -0.2) is 4.39 Å². The molecule has 0 N–H and O–H groups in total. The number of hydrogen-bond donors (Lipinski definition) is 0. The van der Waals surface area contributed by atoms with Crippen LogP contribution in [0.1, 0.15) is 17.4 Å². The van der Waals surface area contributed by atoms with E-state index in [1.54, 1.807) is 0 Å². The fraction of sp³-hybridized carbons (Fsp3) is 0.333. The largest absolute Gasteiger partial charge is 0.293 e. The summed E-state index contributed by atoms with van der Waals surface area (Å²) in [5.74, 6) is -0.868. The molecular weight excluding hydrogens is 135 g/mol. The minimum atomic E-state index is -0.560. The monoisotopic (exact) mass is 142 g/mol. The fourth-order valence-corrected chi connectivity index (χ4v) is 0.807. The average molecular weight is 142 g/mol. The Kier molecular flexibility index (Phi) is 1.53. The molecule has 1 aromatic rings. The van der Waals surface area contributed by atoms with E-state index in [1.165, 1.54) is 18.7 Å². The maximum absolute atomic E-state index is 12.6. The number of hydrogen-bond acceptors (Lipinski definition) is 2. The van der Waals surface area contributed by atoms with E-state index in [0.29, 0.717) is 0 Å². The first-order valence-corrected chi connectivity index (χ1v) is 2.81. The Balaban J connectivity index is 3.23. The Morgan fingerprint density at radius 3 is 2.60 bits per heavy atom. The summed E-state index contributed by atoms with van der Waals surface area (Å²) in [7, 11) is 1.53. The van der Waals surface area contributed by atoms with E-state index >= 15 is 0 Å². The summed E-state index contributed by atoms with van der Waals surface area (Å²) in [4.78, 5) is 10.6. The highest BCUT2D eigenvalue weighted by atomic mass is 19.1. The van der Waals surface area contributed by atoms with E-state index in [1.807, 2.05) is 0 Å². The zero-order valence-corrected chi connectivity index (χ0v) is 5.76. The summed E-state index contributed by atoms with van der Waals surface area (Å²) < 4.78 is 13.8. The van der Waals surface area contributed by atoms with Gasteiger partial charge in [0.1, 0.15) is 5.69 Å². The topological polar surface area (TPSA) is 34.9 Å². The van der Waals surface area contributed by atoms with Gasteiger partial charge in [0.15, 0.2) is 11.6 Å². The molecule has 0 radical (unpaired) electrons. The normalized spacial score (nSPS) is 9.90. The second kappa shape index (κ2) is 2.21. The first-order chi connectivity index (χ1) is 4.63. The molecule has 0 fully saturated rings. The van der Waals surface area contributed by atoms with Crippen LogP contribution in [-0.2, 0) is 7.05 Å². The van der Waals surface area contributed by atoms with Gasteiger partial charge >= 0.3 is 0 Å². The van der Waals surface area contributed by atoms with Crippen LogP contribution >= 0.6 is 0 Å². The van der Waals surface area contributed by atoms with Crippen LogP contribution in [0, 0.1) is 5.82 Å². The maximum atomic E-state index is 12.6. The van der Waals surface area contributed by atoms with E-state index in [2.05, 4.69) is 5.10 Å². The third-order valence-electron chi connectivity index (χ3n) is 1.23.